The highest BCUT2D eigenvalue weighted by molar-refractivity contribution is 5.41. The van der Waals surface area contributed by atoms with Crippen LogP contribution in [0.5, 0.6) is 17.4 Å². The first-order valence-corrected chi connectivity index (χ1v) is 8.68. The van der Waals surface area contributed by atoms with Gasteiger partial charge in [-0.1, -0.05) is 12.1 Å². The number of para-hydroxylation sites is 2. The van der Waals surface area contributed by atoms with Gasteiger partial charge in [-0.05, 0) is 31.5 Å². The van der Waals surface area contributed by atoms with Gasteiger partial charge in [0.2, 0.25) is 5.88 Å². The molecule has 0 spiro atoms. The van der Waals surface area contributed by atoms with E-state index in [0.717, 1.165) is 37.4 Å². The fraction of sp³-hybridized carbons (Fsp3) is 0.316. The average molecular weight is 351 g/mol. The summed E-state index contributed by atoms with van der Waals surface area (Å²) < 4.78 is 11.2. The number of aromatic amines is 1. The van der Waals surface area contributed by atoms with Gasteiger partial charge in [-0.25, -0.2) is 9.97 Å². The number of rotatable bonds is 6. The molecule has 4 rings (SSSR count). The van der Waals surface area contributed by atoms with E-state index in [1.807, 2.05) is 36.7 Å². The van der Waals surface area contributed by atoms with Crippen molar-refractivity contribution in [2.45, 2.75) is 25.4 Å². The van der Waals surface area contributed by atoms with E-state index in [2.05, 4.69) is 19.9 Å². The van der Waals surface area contributed by atoms with E-state index in [4.69, 9.17) is 14.5 Å². The summed E-state index contributed by atoms with van der Waals surface area (Å²) in [5.41, 5.74) is 0.918. The molecule has 0 amide bonds. The Balaban J connectivity index is 1.53. The van der Waals surface area contributed by atoms with Gasteiger partial charge in [0.15, 0.2) is 11.5 Å². The van der Waals surface area contributed by atoms with Gasteiger partial charge in [-0.2, -0.15) is 0 Å². The van der Waals surface area contributed by atoms with Crippen molar-refractivity contribution in [1.82, 2.24) is 24.8 Å². The fourth-order valence-corrected chi connectivity index (χ4v) is 3.32. The van der Waals surface area contributed by atoms with Crippen LogP contribution in [0.1, 0.15) is 30.4 Å². The number of benzene rings is 1. The molecule has 26 heavy (non-hydrogen) atoms. The van der Waals surface area contributed by atoms with Gasteiger partial charge in [0, 0.05) is 12.4 Å². The Hall–Kier alpha value is -2.93. The molecule has 1 fully saturated rings. The summed E-state index contributed by atoms with van der Waals surface area (Å²) in [4.78, 5) is 18.9. The first-order chi connectivity index (χ1) is 12.8. The number of nitrogens with one attached hydrogen (secondary N) is 1. The lowest BCUT2D eigenvalue weighted by atomic mass is 10.1. The van der Waals surface area contributed by atoms with E-state index in [1.165, 1.54) is 0 Å². The van der Waals surface area contributed by atoms with Gasteiger partial charge in [0.05, 0.1) is 37.8 Å². The lowest BCUT2D eigenvalue weighted by Crippen LogP contribution is -2.24. The maximum Gasteiger partial charge on any atom is 0.238 e. The minimum absolute atomic E-state index is 0.216. The Bertz CT molecular complexity index is 853. The second-order valence-corrected chi connectivity index (χ2v) is 6.20. The Morgan fingerprint density at radius 2 is 2.12 bits per heavy atom. The quantitative estimate of drug-likeness (QED) is 0.734. The third kappa shape index (κ3) is 3.52. The monoisotopic (exact) mass is 351 g/mol. The molecule has 134 valence electrons. The SMILES string of the molecule is COc1ccccc1Oc1cncc([C@H]2CCCN2Cc2ncc[nH]2)n1. The van der Waals surface area contributed by atoms with Gasteiger partial charge in [0.1, 0.15) is 5.82 Å². The lowest BCUT2D eigenvalue weighted by molar-refractivity contribution is 0.237. The Morgan fingerprint density at radius 3 is 2.92 bits per heavy atom. The summed E-state index contributed by atoms with van der Waals surface area (Å²) in [5, 5.41) is 0. The number of aromatic nitrogens is 4. The van der Waals surface area contributed by atoms with Crippen molar-refractivity contribution in [3.8, 4) is 17.4 Å². The molecule has 1 aliphatic heterocycles. The van der Waals surface area contributed by atoms with Gasteiger partial charge in [-0.3, -0.25) is 9.88 Å². The Labute approximate surface area is 152 Å². The predicted octanol–water partition coefficient (Wildman–Crippen LogP) is 3.34. The highest BCUT2D eigenvalue weighted by Crippen LogP contribution is 2.34. The van der Waals surface area contributed by atoms with E-state index in [0.29, 0.717) is 17.4 Å². The average Bonchev–Trinajstić information content (AvgIpc) is 3.35. The smallest absolute Gasteiger partial charge is 0.238 e. The number of hydrogen-bond donors (Lipinski definition) is 1. The van der Waals surface area contributed by atoms with Crippen LogP contribution in [0.2, 0.25) is 0 Å². The number of ether oxygens (including phenoxy) is 2. The first-order valence-electron chi connectivity index (χ1n) is 8.68. The maximum absolute atomic E-state index is 5.91. The van der Waals surface area contributed by atoms with E-state index >= 15 is 0 Å². The molecule has 0 bridgehead atoms. The normalized spacial score (nSPS) is 17.3. The van der Waals surface area contributed by atoms with Crippen LogP contribution in [0.25, 0.3) is 0 Å². The lowest BCUT2D eigenvalue weighted by Gasteiger charge is -2.23. The molecular weight excluding hydrogens is 330 g/mol. The highest BCUT2D eigenvalue weighted by Gasteiger charge is 2.28. The second-order valence-electron chi connectivity index (χ2n) is 6.20. The largest absolute Gasteiger partial charge is 0.493 e. The molecule has 0 radical (unpaired) electrons. The molecular formula is C19H21N5O2. The van der Waals surface area contributed by atoms with Crippen LogP contribution in [0.15, 0.2) is 49.1 Å². The van der Waals surface area contributed by atoms with Crippen LogP contribution in [-0.2, 0) is 6.54 Å². The minimum atomic E-state index is 0.216. The summed E-state index contributed by atoms with van der Waals surface area (Å²) in [5.74, 6) is 2.73. The second kappa shape index (κ2) is 7.53. The summed E-state index contributed by atoms with van der Waals surface area (Å²) >= 11 is 0. The third-order valence-electron chi connectivity index (χ3n) is 4.53. The molecule has 7 heteroatoms. The molecule has 1 atom stereocenters. The van der Waals surface area contributed by atoms with Crippen LogP contribution in [0.4, 0.5) is 0 Å². The number of H-pyrrole nitrogens is 1. The van der Waals surface area contributed by atoms with Gasteiger partial charge in [-0.15, -0.1) is 0 Å². The molecule has 0 unspecified atom stereocenters. The van der Waals surface area contributed by atoms with E-state index in [1.54, 1.807) is 19.5 Å². The van der Waals surface area contributed by atoms with Crippen molar-refractivity contribution < 1.29 is 9.47 Å². The number of nitrogens with zero attached hydrogens (tertiary/aromatic N) is 4. The van der Waals surface area contributed by atoms with Crippen LogP contribution in [0, 0.1) is 0 Å². The highest BCUT2D eigenvalue weighted by atomic mass is 16.5. The van der Waals surface area contributed by atoms with Gasteiger partial charge in [0.25, 0.3) is 0 Å². The van der Waals surface area contributed by atoms with Crippen LogP contribution in [-0.4, -0.2) is 38.5 Å². The molecule has 1 aromatic carbocycles. The molecule has 0 aliphatic carbocycles. The molecule has 7 nitrogen and oxygen atoms in total. The van der Waals surface area contributed by atoms with Gasteiger partial charge >= 0.3 is 0 Å². The minimum Gasteiger partial charge on any atom is -0.493 e. The standard InChI is InChI=1S/C19H21N5O2/c1-25-16-6-2-3-7-17(16)26-19-12-20-11-14(23-19)15-5-4-10-24(15)13-18-21-8-9-22-18/h2-3,6-9,11-12,15H,4-5,10,13H2,1H3,(H,21,22)/t15-/m1/s1. The zero-order chi connectivity index (χ0) is 17.8. The molecule has 1 aliphatic rings. The predicted molar refractivity (Wildman–Crippen MR) is 96.1 cm³/mol. The van der Waals surface area contributed by atoms with Crippen molar-refractivity contribution in [2.24, 2.45) is 0 Å². The summed E-state index contributed by atoms with van der Waals surface area (Å²) in [6.45, 7) is 1.79. The van der Waals surface area contributed by atoms with Crippen LogP contribution >= 0.6 is 0 Å². The number of likely N-dealkylation sites (tertiary alicyclic amines) is 1. The number of hydrogen-bond acceptors (Lipinski definition) is 6. The van der Waals surface area contributed by atoms with E-state index < -0.39 is 0 Å². The van der Waals surface area contributed by atoms with Crippen molar-refractivity contribution in [1.29, 1.82) is 0 Å². The van der Waals surface area contributed by atoms with E-state index in [9.17, 15) is 0 Å². The van der Waals surface area contributed by atoms with Crippen molar-refractivity contribution in [3.63, 3.8) is 0 Å². The van der Waals surface area contributed by atoms with Crippen LogP contribution in [0.3, 0.4) is 0 Å². The zero-order valence-corrected chi connectivity index (χ0v) is 14.6. The van der Waals surface area contributed by atoms with Crippen molar-refractivity contribution in [2.75, 3.05) is 13.7 Å². The van der Waals surface area contributed by atoms with Crippen molar-refractivity contribution >= 4 is 0 Å². The number of imidazole rings is 1. The summed E-state index contributed by atoms with van der Waals surface area (Å²) in [6, 6.07) is 7.73. The number of methoxy groups -OCH3 is 1. The van der Waals surface area contributed by atoms with E-state index in [-0.39, 0.29) is 6.04 Å². The van der Waals surface area contributed by atoms with Crippen LogP contribution < -0.4 is 9.47 Å². The Morgan fingerprint density at radius 1 is 1.23 bits per heavy atom. The molecule has 1 saturated heterocycles. The summed E-state index contributed by atoms with van der Waals surface area (Å²) in [7, 11) is 1.62. The fourth-order valence-electron chi connectivity index (χ4n) is 3.32. The maximum atomic E-state index is 5.91. The first kappa shape index (κ1) is 16.5. The molecule has 1 N–H and O–H groups in total. The Kier molecular flexibility index (Phi) is 4.79. The molecule has 3 heterocycles. The topological polar surface area (TPSA) is 76.2 Å². The van der Waals surface area contributed by atoms with Crippen molar-refractivity contribution in [3.05, 3.63) is 60.6 Å². The molecule has 2 aromatic heterocycles. The summed E-state index contributed by atoms with van der Waals surface area (Å²) in [6.07, 6.45) is 9.25. The van der Waals surface area contributed by atoms with Gasteiger partial charge < -0.3 is 14.5 Å². The zero-order valence-electron chi connectivity index (χ0n) is 14.6. The molecule has 3 aromatic rings. The molecule has 0 saturated carbocycles. The third-order valence-corrected chi connectivity index (χ3v) is 4.53.